The fraction of sp³-hybridized carbons (Fsp3) is 0.344. The number of nitrogens with one attached hydrogen (secondary N) is 3. The van der Waals surface area contributed by atoms with Crippen LogP contribution < -0.4 is 16.0 Å². The van der Waals surface area contributed by atoms with Crippen LogP contribution >= 0.6 is 0 Å². The summed E-state index contributed by atoms with van der Waals surface area (Å²) in [6.45, 7) is 3.32. The summed E-state index contributed by atoms with van der Waals surface area (Å²) in [6.07, 6.45) is -0.543. The molecule has 4 aromatic rings. The van der Waals surface area contributed by atoms with Crippen molar-refractivity contribution in [3.8, 4) is 22.4 Å². The smallest absolute Gasteiger partial charge is 0.382 e. The number of hydrogen-bond donors (Lipinski definition) is 3. The molecule has 2 heterocycles. The van der Waals surface area contributed by atoms with Gasteiger partial charge in [-0.2, -0.15) is 13.2 Å². The Morgan fingerprint density at radius 3 is 2.16 bits per heavy atom. The molecule has 11 heteroatoms. The minimum absolute atomic E-state index is 0.114. The lowest BCUT2D eigenvalue weighted by Gasteiger charge is -2.15. The van der Waals surface area contributed by atoms with E-state index in [1.54, 1.807) is 37.4 Å². The second kappa shape index (κ2) is 11.0. The molecule has 0 spiro atoms. The van der Waals surface area contributed by atoms with Crippen molar-refractivity contribution in [2.24, 2.45) is 0 Å². The van der Waals surface area contributed by atoms with E-state index in [1.165, 1.54) is 0 Å². The molecule has 224 valence electrons. The van der Waals surface area contributed by atoms with Gasteiger partial charge in [0, 0.05) is 47.5 Å². The number of pyridine rings is 1. The molecule has 7 nitrogen and oxygen atoms in total. The van der Waals surface area contributed by atoms with Crippen molar-refractivity contribution in [1.29, 1.82) is 0 Å². The highest BCUT2D eigenvalue weighted by molar-refractivity contribution is 5.97. The average Bonchev–Trinajstić information content (AvgIpc) is 3.85. The number of benzene rings is 2. The summed E-state index contributed by atoms with van der Waals surface area (Å²) in [5.41, 5.74) is 6.29. The van der Waals surface area contributed by atoms with Gasteiger partial charge in [0.05, 0.1) is 30.0 Å². The molecule has 3 N–H and O–H groups in total. The summed E-state index contributed by atoms with van der Waals surface area (Å²) >= 11 is 0. The lowest BCUT2D eigenvalue weighted by atomic mass is 10.00. The van der Waals surface area contributed by atoms with Crippen LogP contribution in [0, 0.1) is 13.8 Å². The zero-order chi connectivity index (χ0) is 30.5. The first-order valence-electron chi connectivity index (χ1n) is 14.3. The molecule has 2 aliphatic rings. The summed E-state index contributed by atoms with van der Waals surface area (Å²) in [5, 5.41) is 8.59. The molecule has 2 aliphatic carbocycles. The standard InChI is InChI=1S/C32H31F4N5O2/c1-17-11-19(3-7-24(17)31(43)40-26-14-25(26)33)21-13-27(37-10-9-32(34,35)36)29-38-15-28(41(29)16-21)20-4-8-23(18(2)12-20)30(42)39-22-5-6-22/h3-4,7-8,11-13,15-16,22,25-26,37H,5-6,9-10,14H2,1-2H3,(H,39,42)(H,40,43)/t25-,26?/m0/s1. The van der Waals surface area contributed by atoms with Crippen LogP contribution in [0.4, 0.5) is 23.2 Å². The van der Waals surface area contributed by atoms with Crippen molar-refractivity contribution in [3.05, 3.63) is 77.1 Å². The Morgan fingerprint density at radius 1 is 0.930 bits per heavy atom. The molecular formula is C32H31F4N5O2. The highest BCUT2D eigenvalue weighted by Crippen LogP contribution is 2.33. The molecule has 2 fully saturated rings. The quantitative estimate of drug-likeness (QED) is 0.197. The first kappa shape index (κ1) is 28.7. The van der Waals surface area contributed by atoms with E-state index in [-0.39, 0.29) is 24.4 Å². The maximum Gasteiger partial charge on any atom is 0.390 e. The maximum atomic E-state index is 13.3. The van der Waals surface area contributed by atoms with Crippen LogP contribution in [0.3, 0.4) is 0 Å². The third-order valence-electron chi connectivity index (χ3n) is 7.84. The number of fused-ring (bicyclic) bond motifs is 1. The number of halogens is 4. The summed E-state index contributed by atoms with van der Waals surface area (Å²) in [4.78, 5) is 29.8. The molecule has 1 unspecified atom stereocenters. The van der Waals surface area contributed by atoms with E-state index < -0.39 is 24.8 Å². The first-order chi connectivity index (χ1) is 20.5. The van der Waals surface area contributed by atoms with Gasteiger partial charge < -0.3 is 16.0 Å². The number of aryl methyl sites for hydroxylation is 2. The largest absolute Gasteiger partial charge is 0.390 e. The third kappa shape index (κ3) is 6.35. The molecule has 0 radical (unpaired) electrons. The number of imidazole rings is 1. The van der Waals surface area contributed by atoms with Gasteiger partial charge in [-0.25, -0.2) is 9.37 Å². The third-order valence-corrected chi connectivity index (χ3v) is 7.84. The van der Waals surface area contributed by atoms with Crippen LogP contribution in [-0.2, 0) is 0 Å². The number of alkyl halides is 4. The SMILES string of the molecule is Cc1cc(-c2cnc3c(NCCC(F)(F)F)cc(-c4ccc(C(=O)NC5C[C@@H]5F)c(C)c4)cn23)ccc1C(=O)NC1CC1. The molecule has 2 aromatic carbocycles. The van der Waals surface area contributed by atoms with E-state index in [4.69, 9.17) is 0 Å². The molecule has 2 saturated carbocycles. The lowest BCUT2D eigenvalue weighted by molar-refractivity contribution is -0.131. The summed E-state index contributed by atoms with van der Waals surface area (Å²) < 4.78 is 54.0. The predicted octanol–water partition coefficient (Wildman–Crippen LogP) is 6.38. The number of amides is 2. The summed E-state index contributed by atoms with van der Waals surface area (Å²) in [7, 11) is 0. The van der Waals surface area contributed by atoms with Crippen LogP contribution in [0.2, 0.25) is 0 Å². The molecule has 2 aromatic heterocycles. The van der Waals surface area contributed by atoms with Crippen LogP contribution in [0.15, 0.2) is 54.9 Å². The van der Waals surface area contributed by atoms with Gasteiger partial charge >= 0.3 is 6.18 Å². The molecule has 0 saturated heterocycles. The number of aromatic nitrogens is 2. The highest BCUT2D eigenvalue weighted by Gasteiger charge is 2.39. The number of hydrogen-bond acceptors (Lipinski definition) is 4. The minimum Gasteiger partial charge on any atom is -0.382 e. The predicted molar refractivity (Wildman–Crippen MR) is 156 cm³/mol. The first-order valence-corrected chi connectivity index (χ1v) is 14.3. The van der Waals surface area contributed by atoms with Crippen molar-refractivity contribution >= 4 is 23.1 Å². The van der Waals surface area contributed by atoms with E-state index in [9.17, 15) is 27.2 Å². The zero-order valence-corrected chi connectivity index (χ0v) is 23.7. The Hall–Kier alpha value is -4.41. The van der Waals surface area contributed by atoms with Crippen molar-refractivity contribution in [3.63, 3.8) is 0 Å². The average molecular weight is 594 g/mol. The van der Waals surface area contributed by atoms with Crippen LogP contribution in [0.1, 0.15) is 57.5 Å². The number of rotatable bonds is 9. The van der Waals surface area contributed by atoms with Crippen molar-refractivity contribution in [1.82, 2.24) is 20.0 Å². The Balaban J connectivity index is 1.36. The molecule has 2 atom stereocenters. The molecular weight excluding hydrogens is 562 g/mol. The van der Waals surface area contributed by atoms with Crippen molar-refractivity contribution in [2.75, 3.05) is 11.9 Å². The van der Waals surface area contributed by atoms with E-state index in [1.807, 2.05) is 35.7 Å². The molecule has 43 heavy (non-hydrogen) atoms. The van der Waals surface area contributed by atoms with Gasteiger partial charge in [0.1, 0.15) is 6.17 Å². The topological polar surface area (TPSA) is 87.5 Å². The summed E-state index contributed by atoms with van der Waals surface area (Å²) in [6, 6.07) is 12.3. The Morgan fingerprint density at radius 2 is 1.56 bits per heavy atom. The summed E-state index contributed by atoms with van der Waals surface area (Å²) in [5.74, 6) is -0.460. The number of carbonyl (C=O) groups excluding carboxylic acids is 2. The van der Waals surface area contributed by atoms with E-state index in [0.29, 0.717) is 45.7 Å². The Bertz CT molecular complexity index is 1730. The Kier molecular flexibility index (Phi) is 7.35. The number of anilines is 1. The van der Waals surface area contributed by atoms with E-state index >= 15 is 0 Å². The molecule has 0 aliphatic heterocycles. The minimum atomic E-state index is -4.32. The Labute approximate surface area is 245 Å². The lowest BCUT2D eigenvalue weighted by Crippen LogP contribution is -2.27. The van der Waals surface area contributed by atoms with Gasteiger partial charge in [-0.1, -0.05) is 18.2 Å². The fourth-order valence-corrected chi connectivity index (χ4v) is 5.15. The van der Waals surface area contributed by atoms with Gasteiger partial charge in [-0.3, -0.25) is 14.0 Å². The molecule has 6 rings (SSSR count). The number of nitrogens with zero attached hydrogens (tertiary/aromatic N) is 2. The molecule has 2 amide bonds. The van der Waals surface area contributed by atoms with Gasteiger partial charge in [0.2, 0.25) is 0 Å². The van der Waals surface area contributed by atoms with Gasteiger partial charge in [-0.15, -0.1) is 0 Å². The normalized spacial score (nSPS) is 18.0. The van der Waals surface area contributed by atoms with Crippen LogP contribution in [0.25, 0.3) is 28.0 Å². The maximum absolute atomic E-state index is 13.3. The van der Waals surface area contributed by atoms with Crippen molar-refractivity contribution < 1.29 is 27.2 Å². The zero-order valence-electron chi connectivity index (χ0n) is 23.7. The second-order valence-corrected chi connectivity index (χ2v) is 11.4. The highest BCUT2D eigenvalue weighted by atomic mass is 19.4. The number of carbonyl (C=O) groups is 2. The fourth-order valence-electron chi connectivity index (χ4n) is 5.15. The van der Waals surface area contributed by atoms with Gasteiger partial charge in [-0.05, 0) is 67.6 Å². The monoisotopic (exact) mass is 593 g/mol. The van der Waals surface area contributed by atoms with E-state index in [0.717, 1.165) is 29.5 Å². The van der Waals surface area contributed by atoms with Crippen LogP contribution in [-0.4, -0.2) is 52.2 Å². The van der Waals surface area contributed by atoms with Crippen LogP contribution in [0.5, 0.6) is 0 Å². The van der Waals surface area contributed by atoms with Gasteiger partial charge in [0.25, 0.3) is 11.8 Å². The second-order valence-electron chi connectivity index (χ2n) is 11.4. The van der Waals surface area contributed by atoms with E-state index in [2.05, 4.69) is 20.9 Å². The van der Waals surface area contributed by atoms with Gasteiger partial charge in [0.15, 0.2) is 5.65 Å². The van der Waals surface area contributed by atoms with Crippen molar-refractivity contribution in [2.45, 2.75) is 64.0 Å². The molecule has 0 bridgehead atoms.